The summed E-state index contributed by atoms with van der Waals surface area (Å²) in [5.74, 6) is 0. The van der Waals surface area contributed by atoms with E-state index in [1.54, 1.807) is 6.92 Å². The van der Waals surface area contributed by atoms with Crippen LogP contribution < -0.4 is 5.32 Å². The Morgan fingerprint density at radius 1 is 1.41 bits per heavy atom. The minimum Gasteiger partial charge on any atom is -0.450 e. The van der Waals surface area contributed by atoms with Crippen molar-refractivity contribution < 1.29 is 9.53 Å². The number of carbonyl (C=O) groups excluding carboxylic acids is 1. The Morgan fingerprint density at radius 3 is 2.53 bits per heavy atom. The normalized spacial score (nSPS) is 17.1. The molecule has 0 heterocycles. The van der Waals surface area contributed by atoms with Gasteiger partial charge >= 0.3 is 6.09 Å². The van der Waals surface area contributed by atoms with E-state index in [-0.39, 0.29) is 11.6 Å². The van der Waals surface area contributed by atoms with E-state index in [0.717, 1.165) is 24.8 Å². The van der Waals surface area contributed by atoms with Gasteiger partial charge in [-0.15, -0.1) is 0 Å². The molecule has 1 fully saturated rings. The van der Waals surface area contributed by atoms with Gasteiger partial charge in [-0.1, -0.05) is 23.7 Å². The molecule has 1 N–H and O–H groups in total. The van der Waals surface area contributed by atoms with Crippen molar-refractivity contribution in [2.45, 2.75) is 31.7 Å². The van der Waals surface area contributed by atoms with Crippen molar-refractivity contribution in [2.75, 3.05) is 6.61 Å². The summed E-state index contributed by atoms with van der Waals surface area (Å²) >= 11 is 5.87. The van der Waals surface area contributed by atoms with Crippen molar-refractivity contribution in [1.29, 1.82) is 0 Å². The van der Waals surface area contributed by atoms with Gasteiger partial charge in [-0.2, -0.15) is 0 Å². The second-order valence-electron chi connectivity index (χ2n) is 4.29. The lowest BCUT2D eigenvalue weighted by Gasteiger charge is -2.42. The fraction of sp³-hybridized carbons (Fsp3) is 0.462. The third kappa shape index (κ3) is 2.55. The van der Waals surface area contributed by atoms with E-state index < -0.39 is 0 Å². The molecule has 0 aromatic heterocycles. The van der Waals surface area contributed by atoms with Gasteiger partial charge in [-0.3, -0.25) is 0 Å². The third-order valence-electron chi connectivity index (χ3n) is 3.22. The highest BCUT2D eigenvalue weighted by Crippen LogP contribution is 2.41. The van der Waals surface area contributed by atoms with Crippen molar-refractivity contribution in [2.24, 2.45) is 0 Å². The zero-order chi connectivity index (χ0) is 12.3. The van der Waals surface area contributed by atoms with E-state index in [9.17, 15) is 4.79 Å². The number of hydrogen-bond acceptors (Lipinski definition) is 2. The van der Waals surface area contributed by atoms with Crippen LogP contribution in [-0.2, 0) is 10.3 Å². The van der Waals surface area contributed by atoms with Crippen molar-refractivity contribution in [1.82, 2.24) is 5.32 Å². The minimum atomic E-state index is -0.345. The zero-order valence-corrected chi connectivity index (χ0v) is 10.6. The molecule has 1 saturated carbocycles. The van der Waals surface area contributed by atoms with E-state index in [1.807, 2.05) is 24.3 Å². The molecule has 2 rings (SSSR count). The monoisotopic (exact) mass is 253 g/mol. The van der Waals surface area contributed by atoms with Gasteiger partial charge in [-0.25, -0.2) is 4.79 Å². The first-order chi connectivity index (χ1) is 8.16. The number of benzene rings is 1. The third-order valence-corrected chi connectivity index (χ3v) is 3.47. The number of nitrogens with one attached hydrogen (secondary N) is 1. The van der Waals surface area contributed by atoms with Gasteiger partial charge in [0.1, 0.15) is 0 Å². The molecule has 0 atom stereocenters. The lowest BCUT2D eigenvalue weighted by molar-refractivity contribution is 0.115. The molecular formula is C13H16ClNO2. The van der Waals surface area contributed by atoms with Crippen LogP contribution in [0.4, 0.5) is 4.79 Å². The second kappa shape index (κ2) is 4.96. The first-order valence-corrected chi connectivity index (χ1v) is 6.25. The number of rotatable bonds is 3. The van der Waals surface area contributed by atoms with Crippen molar-refractivity contribution in [3.05, 3.63) is 34.9 Å². The van der Waals surface area contributed by atoms with Gasteiger partial charge in [0.15, 0.2) is 0 Å². The highest BCUT2D eigenvalue weighted by molar-refractivity contribution is 6.30. The molecule has 1 amide bonds. The molecule has 17 heavy (non-hydrogen) atoms. The number of hydrogen-bond donors (Lipinski definition) is 1. The molecule has 0 radical (unpaired) electrons. The fourth-order valence-corrected chi connectivity index (χ4v) is 2.27. The Morgan fingerprint density at radius 2 is 2.06 bits per heavy atom. The zero-order valence-electron chi connectivity index (χ0n) is 9.83. The summed E-state index contributed by atoms with van der Waals surface area (Å²) in [6.07, 6.45) is 2.68. The maximum Gasteiger partial charge on any atom is 0.407 e. The van der Waals surface area contributed by atoms with Crippen molar-refractivity contribution in [3.8, 4) is 0 Å². The Labute approximate surface area is 106 Å². The largest absolute Gasteiger partial charge is 0.450 e. The van der Waals surface area contributed by atoms with Gasteiger partial charge in [0, 0.05) is 5.02 Å². The SMILES string of the molecule is CCOC(=O)NC1(c2ccc(Cl)cc2)CCC1. The topological polar surface area (TPSA) is 38.3 Å². The molecular weight excluding hydrogens is 238 g/mol. The molecule has 0 bridgehead atoms. The summed E-state index contributed by atoms with van der Waals surface area (Å²) in [7, 11) is 0. The van der Waals surface area contributed by atoms with Gasteiger partial charge in [0.25, 0.3) is 0 Å². The predicted octanol–water partition coefficient (Wildman–Crippen LogP) is 3.47. The standard InChI is InChI=1S/C13H16ClNO2/c1-2-17-12(16)15-13(8-3-9-13)10-4-6-11(14)7-5-10/h4-7H,2-3,8-9H2,1H3,(H,15,16). The number of halogens is 1. The average molecular weight is 254 g/mol. The lowest BCUT2D eigenvalue weighted by atomic mass is 9.72. The first-order valence-electron chi connectivity index (χ1n) is 5.87. The van der Waals surface area contributed by atoms with Gasteiger partial charge < -0.3 is 10.1 Å². The Bertz CT molecular complexity index is 398. The van der Waals surface area contributed by atoms with Crippen LogP contribution in [0.3, 0.4) is 0 Å². The van der Waals surface area contributed by atoms with Crippen LogP contribution in [0.5, 0.6) is 0 Å². The quantitative estimate of drug-likeness (QED) is 0.896. The summed E-state index contributed by atoms with van der Waals surface area (Å²) < 4.78 is 4.94. The minimum absolute atomic E-state index is 0.253. The lowest BCUT2D eigenvalue weighted by Crippen LogP contribution is -2.50. The second-order valence-corrected chi connectivity index (χ2v) is 4.72. The van der Waals surface area contributed by atoms with E-state index in [1.165, 1.54) is 0 Å². The van der Waals surface area contributed by atoms with Crippen LogP contribution in [0.15, 0.2) is 24.3 Å². The molecule has 1 aromatic carbocycles. The van der Waals surface area contributed by atoms with Crippen LogP contribution in [0.25, 0.3) is 0 Å². The number of alkyl carbamates (subject to hydrolysis) is 1. The molecule has 3 nitrogen and oxygen atoms in total. The summed E-state index contributed by atoms with van der Waals surface area (Å²) in [5.41, 5.74) is 0.845. The molecule has 0 spiro atoms. The van der Waals surface area contributed by atoms with Crippen molar-refractivity contribution >= 4 is 17.7 Å². The smallest absolute Gasteiger partial charge is 0.407 e. The Hall–Kier alpha value is -1.22. The molecule has 0 aliphatic heterocycles. The summed E-state index contributed by atoms with van der Waals surface area (Å²) in [6.45, 7) is 2.19. The molecule has 0 unspecified atom stereocenters. The molecule has 1 aliphatic rings. The fourth-order valence-electron chi connectivity index (χ4n) is 2.15. The molecule has 1 aliphatic carbocycles. The summed E-state index contributed by atoms with van der Waals surface area (Å²) in [6, 6.07) is 7.63. The van der Waals surface area contributed by atoms with E-state index in [0.29, 0.717) is 11.6 Å². The maximum absolute atomic E-state index is 11.5. The van der Waals surface area contributed by atoms with Gasteiger partial charge in [0.05, 0.1) is 12.1 Å². The highest BCUT2D eigenvalue weighted by atomic mass is 35.5. The summed E-state index contributed by atoms with van der Waals surface area (Å²) in [5, 5.41) is 3.67. The molecule has 92 valence electrons. The van der Waals surface area contributed by atoms with E-state index >= 15 is 0 Å². The summed E-state index contributed by atoms with van der Waals surface area (Å²) in [4.78, 5) is 11.5. The first kappa shape index (κ1) is 12.2. The number of carbonyl (C=O) groups is 1. The van der Waals surface area contributed by atoms with Crippen LogP contribution in [0, 0.1) is 0 Å². The van der Waals surface area contributed by atoms with Crippen LogP contribution in [0.1, 0.15) is 31.7 Å². The van der Waals surface area contributed by atoms with E-state index in [4.69, 9.17) is 16.3 Å². The molecule has 4 heteroatoms. The Kier molecular flexibility index (Phi) is 3.57. The predicted molar refractivity (Wildman–Crippen MR) is 67.1 cm³/mol. The van der Waals surface area contributed by atoms with E-state index in [2.05, 4.69) is 5.32 Å². The number of ether oxygens (including phenoxy) is 1. The molecule has 0 saturated heterocycles. The molecule has 1 aromatic rings. The van der Waals surface area contributed by atoms with Crippen molar-refractivity contribution in [3.63, 3.8) is 0 Å². The van der Waals surface area contributed by atoms with Crippen LogP contribution in [-0.4, -0.2) is 12.7 Å². The maximum atomic E-state index is 11.5. The Balaban J connectivity index is 2.14. The van der Waals surface area contributed by atoms with Gasteiger partial charge in [-0.05, 0) is 43.9 Å². The van der Waals surface area contributed by atoms with Crippen LogP contribution >= 0.6 is 11.6 Å². The highest BCUT2D eigenvalue weighted by Gasteiger charge is 2.40. The van der Waals surface area contributed by atoms with Crippen LogP contribution in [0.2, 0.25) is 5.02 Å². The number of amides is 1. The average Bonchev–Trinajstić information content (AvgIpc) is 2.25. The van der Waals surface area contributed by atoms with Gasteiger partial charge in [0.2, 0.25) is 0 Å².